The summed E-state index contributed by atoms with van der Waals surface area (Å²) in [6.45, 7) is 1.64. The van der Waals surface area contributed by atoms with Crippen LogP contribution in [0.5, 0.6) is 0 Å². The molecular weight excluding hydrogens is 375 g/mol. The molecule has 0 aliphatic heterocycles. The predicted molar refractivity (Wildman–Crippen MR) is 102 cm³/mol. The van der Waals surface area contributed by atoms with Gasteiger partial charge in [0.1, 0.15) is 0 Å². The number of aromatic amines is 1. The summed E-state index contributed by atoms with van der Waals surface area (Å²) in [6, 6.07) is 12.0. The fraction of sp³-hybridized carbons (Fsp3) is 0.105. The van der Waals surface area contributed by atoms with Gasteiger partial charge in [0.05, 0.1) is 20.9 Å². The van der Waals surface area contributed by atoms with Crippen LogP contribution in [0.25, 0.3) is 17.0 Å². The van der Waals surface area contributed by atoms with E-state index >= 15 is 0 Å². The Morgan fingerprint density at radius 3 is 2.73 bits per heavy atom. The summed E-state index contributed by atoms with van der Waals surface area (Å²) in [4.78, 5) is 31.1. The van der Waals surface area contributed by atoms with E-state index in [1.165, 1.54) is 6.08 Å². The number of hydrogen-bond donors (Lipinski definition) is 1. The molecule has 0 unspecified atom stereocenters. The molecule has 1 aromatic heterocycles. The first-order chi connectivity index (χ1) is 12.4. The molecule has 1 heterocycles. The zero-order chi connectivity index (χ0) is 18.7. The SMILES string of the molecule is C[C@@H](OC(=O)/C=C/c1ccc(Cl)c(Cl)c1)c1nc2ccccc2c(=O)[nH]1. The highest BCUT2D eigenvalue weighted by atomic mass is 35.5. The van der Waals surface area contributed by atoms with E-state index in [1.807, 2.05) is 0 Å². The highest BCUT2D eigenvalue weighted by Crippen LogP contribution is 2.23. The molecule has 2 aromatic carbocycles. The Morgan fingerprint density at radius 1 is 1.19 bits per heavy atom. The lowest BCUT2D eigenvalue weighted by Gasteiger charge is -2.11. The number of benzene rings is 2. The Morgan fingerprint density at radius 2 is 1.96 bits per heavy atom. The van der Waals surface area contributed by atoms with Gasteiger partial charge in [-0.25, -0.2) is 9.78 Å². The van der Waals surface area contributed by atoms with Gasteiger partial charge in [-0.15, -0.1) is 0 Å². The van der Waals surface area contributed by atoms with E-state index in [0.29, 0.717) is 26.5 Å². The first-order valence-corrected chi connectivity index (χ1v) is 8.52. The third-order valence-electron chi connectivity index (χ3n) is 3.66. The molecule has 3 aromatic rings. The molecule has 132 valence electrons. The number of fused-ring (bicyclic) bond motifs is 1. The zero-order valence-corrected chi connectivity index (χ0v) is 15.2. The number of hydrogen-bond acceptors (Lipinski definition) is 4. The van der Waals surface area contributed by atoms with E-state index in [2.05, 4.69) is 9.97 Å². The zero-order valence-electron chi connectivity index (χ0n) is 13.7. The number of carbonyl (C=O) groups excluding carboxylic acids is 1. The summed E-state index contributed by atoms with van der Waals surface area (Å²) in [7, 11) is 0. The van der Waals surface area contributed by atoms with E-state index in [-0.39, 0.29) is 11.4 Å². The van der Waals surface area contributed by atoms with Crippen LogP contribution in [0.3, 0.4) is 0 Å². The molecule has 1 atom stereocenters. The van der Waals surface area contributed by atoms with Crippen LogP contribution in [-0.2, 0) is 9.53 Å². The number of nitrogens with one attached hydrogen (secondary N) is 1. The summed E-state index contributed by atoms with van der Waals surface area (Å²) in [5.74, 6) is -0.288. The normalized spacial score (nSPS) is 12.4. The standard InChI is InChI=1S/C19H14Cl2N2O3/c1-11(18-22-16-5-3-2-4-13(16)19(25)23-18)26-17(24)9-7-12-6-8-14(20)15(21)10-12/h2-11H,1H3,(H,22,23,25)/b9-7+/t11-/m1/s1. The second-order valence-electron chi connectivity index (χ2n) is 5.55. The minimum Gasteiger partial charge on any atom is -0.451 e. The maximum absolute atomic E-state index is 12.1. The van der Waals surface area contributed by atoms with Gasteiger partial charge < -0.3 is 9.72 Å². The number of ether oxygens (including phenoxy) is 1. The molecule has 0 bridgehead atoms. The Balaban J connectivity index is 1.74. The van der Waals surface area contributed by atoms with Crippen LogP contribution in [-0.4, -0.2) is 15.9 Å². The molecule has 0 fully saturated rings. The number of carbonyl (C=O) groups is 1. The van der Waals surface area contributed by atoms with Crippen molar-refractivity contribution in [2.75, 3.05) is 0 Å². The number of H-pyrrole nitrogens is 1. The van der Waals surface area contributed by atoms with Crippen LogP contribution in [0.4, 0.5) is 0 Å². The molecule has 0 saturated heterocycles. The highest BCUT2D eigenvalue weighted by molar-refractivity contribution is 6.42. The van der Waals surface area contributed by atoms with Gasteiger partial charge in [-0.3, -0.25) is 4.79 Å². The summed E-state index contributed by atoms with van der Waals surface area (Å²) in [5.41, 5.74) is 0.974. The average molecular weight is 389 g/mol. The lowest BCUT2D eigenvalue weighted by atomic mass is 10.2. The third kappa shape index (κ3) is 4.12. The minimum absolute atomic E-state index is 0.278. The molecule has 0 saturated carbocycles. The van der Waals surface area contributed by atoms with E-state index in [0.717, 1.165) is 0 Å². The number of para-hydroxylation sites is 1. The largest absolute Gasteiger partial charge is 0.451 e. The van der Waals surface area contributed by atoms with Gasteiger partial charge in [0.25, 0.3) is 5.56 Å². The van der Waals surface area contributed by atoms with Gasteiger partial charge in [-0.2, -0.15) is 0 Å². The van der Waals surface area contributed by atoms with Crippen LogP contribution in [0.15, 0.2) is 53.3 Å². The molecule has 5 nitrogen and oxygen atoms in total. The molecule has 0 radical (unpaired) electrons. The quantitative estimate of drug-likeness (QED) is 0.525. The number of aromatic nitrogens is 2. The van der Waals surface area contributed by atoms with Gasteiger partial charge in [0.15, 0.2) is 11.9 Å². The Bertz CT molecular complexity index is 1060. The molecule has 0 spiro atoms. The number of halogens is 2. The van der Waals surface area contributed by atoms with Crippen LogP contribution in [0.2, 0.25) is 10.0 Å². The minimum atomic E-state index is -0.710. The van der Waals surface area contributed by atoms with Gasteiger partial charge in [0, 0.05) is 6.08 Å². The fourth-order valence-electron chi connectivity index (χ4n) is 2.35. The summed E-state index contributed by atoms with van der Waals surface area (Å²) in [5, 5.41) is 1.31. The van der Waals surface area contributed by atoms with Crippen molar-refractivity contribution in [3.8, 4) is 0 Å². The molecule has 7 heteroatoms. The van der Waals surface area contributed by atoms with E-state index < -0.39 is 12.1 Å². The van der Waals surface area contributed by atoms with Crippen molar-refractivity contribution in [2.45, 2.75) is 13.0 Å². The smallest absolute Gasteiger partial charge is 0.331 e. The lowest BCUT2D eigenvalue weighted by Crippen LogP contribution is -2.16. The average Bonchev–Trinajstić information content (AvgIpc) is 2.62. The van der Waals surface area contributed by atoms with Crippen molar-refractivity contribution in [3.63, 3.8) is 0 Å². The monoisotopic (exact) mass is 388 g/mol. The van der Waals surface area contributed by atoms with Crippen LogP contribution in [0.1, 0.15) is 24.4 Å². The van der Waals surface area contributed by atoms with Crippen LogP contribution >= 0.6 is 23.2 Å². The first kappa shape index (κ1) is 18.2. The van der Waals surface area contributed by atoms with Crippen LogP contribution < -0.4 is 5.56 Å². The van der Waals surface area contributed by atoms with Crippen molar-refractivity contribution in [3.05, 3.63) is 80.3 Å². The van der Waals surface area contributed by atoms with Gasteiger partial charge >= 0.3 is 5.97 Å². The topological polar surface area (TPSA) is 72.0 Å². The van der Waals surface area contributed by atoms with E-state index in [9.17, 15) is 9.59 Å². The van der Waals surface area contributed by atoms with Crippen molar-refractivity contribution >= 4 is 46.2 Å². The molecular formula is C19H14Cl2N2O3. The highest BCUT2D eigenvalue weighted by Gasteiger charge is 2.14. The Labute approximate surface area is 159 Å². The molecule has 3 rings (SSSR count). The maximum Gasteiger partial charge on any atom is 0.331 e. The van der Waals surface area contributed by atoms with E-state index in [1.54, 1.807) is 55.5 Å². The van der Waals surface area contributed by atoms with Gasteiger partial charge in [-0.05, 0) is 42.8 Å². The lowest BCUT2D eigenvalue weighted by molar-refractivity contribution is -0.142. The number of rotatable bonds is 4. The van der Waals surface area contributed by atoms with Crippen molar-refractivity contribution in [1.82, 2.24) is 9.97 Å². The first-order valence-electron chi connectivity index (χ1n) is 7.77. The number of nitrogens with zero attached hydrogens (tertiary/aromatic N) is 1. The fourth-order valence-corrected chi connectivity index (χ4v) is 2.65. The molecule has 26 heavy (non-hydrogen) atoms. The van der Waals surface area contributed by atoms with Gasteiger partial charge in [-0.1, -0.05) is 41.4 Å². The second kappa shape index (κ2) is 7.72. The third-order valence-corrected chi connectivity index (χ3v) is 4.40. The van der Waals surface area contributed by atoms with Crippen LogP contribution in [0, 0.1) is 0 Å². The number of esters is 1. The molecule has 0 aliphatic rings. The van der Waals surface area contributed by atoms with Crippen molar-refractivity contribution in [2.24, 2.45) is 0 Å². The molecule has 0 aliphatic carbocycles. The predicted octanol–water partition coefficient (Wildman–Crippen LogP) is 4.55. The van der Waals surface area contributed by atoms with E-state index in [4.69, 9.17) is 27.9 Å². The molecule has 1 N–H and O–H groups in total. The summed E-state index contributed by atoms with van der Waals surface area (Å²) in [6.07, 6.45) is 2.13. The second-order valence-corrected chi connectivity index (χ2v) is 6.37. The Kier molecular flexibility index (Phi) is 5.40. The maximum atomic E-state index is 12.1. The summed E-state index contributed by atoms with van der Waals surface area (Å²) >= 11 is 11.8. The molecule has 0 amide bonds. The summed E-state index contributed by atoms with van der Waals surface area (Å²) < 4.78 is 5.30. The Hall–Kier alpha value is -2.63. The van der Waals surface area contributed by atoms with Gasteiger partial charge in [0.2, 0.25) is 0 Å². The van der Waals surface area contributed by atoms with Crippen molar-refractivity contribution in [1.29, 1.82) is 0 Å². The van der Waals surface area contributed by atoms with Crippen molar-refractivity contribution < 1.29 is 9.53 Å².